The fourth-order valence-electron chi connectivity index (χ4n) is 1.03. The van der Waals surface area contributed by atoms with Crippen molar-refractivity contribution in [1.82, 2.24) is 0 Å². The SMILES string of the molecule is O=C1OC(F)C(OS(=O)(=O)OC2OC(=O)OC2F)O1. The molecule has 0 saturated carbocycles. The third kappa shape index (κ3) is 3.18. The molecule has 4 unspecified atom stereocenters. The molecule has 19 heavy (non-hydrogen) atoms. The summed E-state index contributed by atoms with van der Waals surface area (Å²) in [4.78, 5) is 20.9. The van der Waals surface area contributed by atoms with Gasteiger partial charge in [0, 0.05) is 0 Å². The molecule has 0 aromatic rings. The summed E-state index contributed by atoms with van der Waals surface area (Å²) in [6, 6.07) is 0. The van der Waals surface area contributed by atoms with Crippen LogP contribution >= 0.6 is 0 Å². The van der Waals surface area contributed by atoms with Crippen molar-refractivity contribution in [1.29, 1.82) is 0 Å². The van der Waals surface area contributed by atoms with Gasteiger partial charge in [0.05, 0.1) is 0 Å². The highest BCUT2D eigenvalue weighted by Crippen LogP contribution is 2.23. The first-order valence-corrected chi connectivity index (χ1v) is 5.74. The predicted octanol–water partition coefficient (Wildman–Crippen LogP) is -0.159. The van der Waals surface area contributed by atoms with E-state index in [2.05, 4.69) is 27.3 Å². The number of carbonyl (C=O) groups excluding carboxylic acids is 2. The second kappa shape index (κ2) is 4.75. The van der Waals surface area contributed by atoms with Crippen LogP contribution in [0.5, 0.6) is 0 Å². The van der Waals surface area contributed by atoms with Crippen molar-refractivity contribution in [3.8, 4) is 0 Å². The van der Waals surface area contributed by atoms with Crippen LogP contribution in [-0.4, -0.2) is 46.0 Å². The lowest BCUT2D eigenvalue weighted by atomic mass is 10.7. The number of rotatable bonds is 4. The molecule has 0 amide bonds. The Morgan fingerprint density at radius 2 is 1.21 bits per heavy atom. The summed E-state index contributed by atoms with van der Waals surface area (Å²) < 4.78 is 71.3. The molecule has 10 nitrogen and oxygen atoms in total. The number of halogens is 2. The second-order valence-corrected chi connectivity index (χ2v) is 4.21. The summed E-state index contributed by atoms with van der Waals surface area (Å²) >= 11 is 0. The summed E-state index contributed by atoms with van der Waals surface area (Å²) in [5.41, 5.74) is 0. The van der Waals surface area contributed by atoms with Gasteiger partial charge in [-0.2, -0.15) is 25.6 Å². The molecule has 0 radical (unpaired) electrons. The first kappa shape index (κ1) is 13.7. The van der Waals surface area contributed by atoms with Crippen LogP contribution in [0, 0.1) is 0 Å². The van der Waals surface area contributed by atoms with E-state index in [1.165, 1.54) is 0 Å². The Morgan fingerprint density at radius 3 is 1.47 bits per heavy atom. The molecule has 2 aliphatic rings. The molecule has 0 aromatic heterocycles. The van der Waals surface area contributed by atoms with Gasteiger partial charge in [-0.1, -0.05) is 0 Å². The maximum Gasteiger partial charge on any atom is 0.513 e. The Bertz CT molecular complexity index is 452. The zero-order valence-electron chi connectivity index (χ0n) is 8.56. The van der Waals surface area contributed by atoms with Gasteiger partial charge in [-0.25, -0.2) is 9.59 Å². The lowest BCUT2D eigenvalue weighted by Crippen LogP contribution is -2.31. The monoisotopic (exact) mass is 306 g/mol. The topological polar surface area (TPSA) is 124 Å². The van der Waals surface area contributed by atoms with E-state index in [-0.39, 0.29) is 0 Å². The lowest BCUT2D eigenvalue weighted by Gasteiger charge is -2.12. The average Bonchev–Trinajstić information content (AvgIpc) is 2.69. The molecule has 13 heteroatoms. The van der Waals surface area contributed by atoms with Crippen molar-refractivity contribution < 1.29 is 54.1 Å². The van der Waals surface area contributed by atoms with Gasteiger partial charge in [-0.3, -0.25) is 0 Å². The zero-order chi connectivity index (χ0) is 14.2. The minimum Gasteiger partial charge on any atom is -0.396 e. The first-order valence-electron chi connectivity index (χ1n) is 4.41. The summed E-state index contributed by atoms with van der Waals surface area (Å²) in [7, 11) is -5.06. The fourth-order valence-corrected chi connectivity index (χ4v) is 1.79. The van der Waals surface area contributed by atoms with Crippen LogP contribution in [0.3, 0.4) is 0 Å². The van der Waals surface area contributed by atoms with E-state index in [9.17, 15) is 26.8 Å². The van der Waals surface area contributed by atoms with Gasteiger partial charge < -0.3 is 18.9 Å². The summed E-state index contributed by atoms with van der Waals surface area (Å²) in [6.07, 6.45) is -12.6. The van der Waals surface area contributed by atoms with Gasteiger partial charge in [0.15, 0.2) is 0 Å². The largest absolute Gasteiger partial charge is 0.513 e. The quantitative estimate of drug-likeness (QED) is 0.647. The van der Waals surface area contributed by atoms with Crippen LogP contribution in [0.4, 0.5) is 18.4 Å². The van der Waals surface area contributed by atoms with Crippen LogP contribution in [0.1, 0.15) is 0 Å². The molecule has 2 saturated heterocycles. The molecular weight excluding hydrogens is 302 g/mol. The Balaban J connectivity index is 1.95. The zero-order valence-corrected chi connectivity index (χ0v) is 9.37. The molecule has 2 fully saturated rings. The standard InChI is InChI=1S/C6H4F2O10S/c7-1-3(15-5(9)13-1)17-19(11,12)18-4-2(8)14-6(10)16-4/h1-4H. The number of ether oxygens (including phenoxy) is 4. The van der Waals surface area contributed by atoms with E-state index >= 15 is 0 Å². The fraction of sp³-hybridized carbons (Fsp3) is 0.667. The molecular formula is C6H4F2O10S. The maximum atomic E-state index is 12.8. The van der Waals surface area contributed by atoms with Crippen molar-refractivity contribution in [3.63, 3.8) is 0 Å². The Hall–Kier alpha value is -1.73. The number of hydrogen-bond acceptors (Lipinski definition) is 10. The van der Waals surface area contributed by atoms with Crippen molar-refractivity contribution in [3.05, 3.63) is 0 Å². The number of cyclic esters (lactones) is 4. The van der Waals surface area contributed by atoms with Crippen LogP contribution in [0.25, 0.3) is 0 Å². The van der Waals surface area contributed by atoms with Crippen molar-refractivity contribution >= 4 is 22.7 Å². The van der Waals surface area contributed by atoms with E-state index in [1.54, 1.807) is 0 Å². The average molecular weight is 306 g/mol. The van der Waals surface area contributed by atoms with E-state index in [0.717, 1.165) is 0 Å². The second-order valence-electron chi connectivity index (χ2n) is 3.01. The maximum absolute atomic E-state index is 12.8. The summed E-state index contributed by atoms with van der Waals surface area (Å²) in [6.45, 7) is 0. The highest BCUT2D eigenvalue weighted by Gasteiger charge is 2.45. The molecule has 2 aliphatic heterocycles. The minimum absolute atomic E-state index is 1.51. The Morgan fingerprint density at radius 1 is 0.842 bits per heavy atom. The highest BCUT2D eigenvalue weighted by molar-refractivity contribution is 7.81. The van der Waals surface area contributed by atoms with Crippen LogP contribution in [-0.2, 0) is 37.7 Å². The Kier molecular flexibility index (Phi) is 3.42. The predicted molar refractivity (Wildman–Crippen MR) is 43.6 cm³/mol. The molecule has 0 bridgehead atoms. The van der Waals surface area contributed by atoms with Gasteiger partial charge in [-0.05, 0) is 0 Å². The molecule has 2 heterocycles. The van der Waals surface area contributed by atoms with Gasteiger partial charge in [0.2, 0.25) is 0 Å². The van der Waals surface area contributed by atoms with Gasteiger partial charge >= 0.3 is 35.4 Å². The normalized spacial score (nSPS) is 34.4. The first-order chi connectivity index (χ1) is 8.77. The molecule has 2 rings (SSSR count). The minimum atomic E-state index is -5.06. The third-order valence-electron chi connectivity index (χ3n) is 1.70. The smallest absolute Gasteiger partial charge is 0.396 e. The van der Waals surface area contributed by atoms with Crippen LogP contribution in [0.15, 0.2) is 0 Å². The third-order valence-corrected chi connectivity index (χ3v) is 2.55. The number of carbonyl (C=O) groups is 2. The number of alkyl halides is 2. The van der Waals surface area contributed by atoms with Crippen molar-refractivity contribution in [2.24, 2.45) is 0 Å². The highest BCUT2D eigenvalue weighted by atomic mass is 32.3. The molecule has 0 aromatic carbocycles. The molecule has 0 spiro atoms. The molecule has 108 valence electrons. The molecule has 4 atom stereocenters. The van der Waals surface area contributed by atoms with Crippen molar-refractivity contribution in [2.45, 2.75) is 25.3 Å². The lowest BCUT2D eigenvalue weighted by molar-refractivity contribution is -0.106. The van der Waals surface area contributed by atoms with E-state index < -0.39 is 48.0 Å². The molecule has 0 N–H and O–H groups in total. The molecule has 0 aliphatic carbocycles. The van der Waals surface area contributed by atoms with E-state index in [4.69, 9.17) is 0 Å². The van der Waals surface area contributed by atoms with Gasteiger partial charge in [0.25, 0.3) is 12.6 Å². The van der Waals surface area contributed by atoms with Gasteiger partial charge in [0.1, 0.15) is 0 Å². The summed E-state index contributed by atoms with van der Waals surface area (Å²) in [5.74, 6) is 0. The summed E-state index contributed by atoms with van der Waals surface area (Å²) in [5, 5.41) is 0. The Labute approximate surface area is 103 Å². The number of hydrogen-bond donors (Lipinski definition) is 0. The van der Waals surface area contributed by atoms with E-state index in [1.807, 2.05) is 0 Å². The van der Waals surface area contributed by atoms with Crippen molar-refractivity contribution in [2.75, 3.05) is 0 Å². The van der Waals surface area contributed by atoms with Gasteiger partial charge in [-0.15, -0.1) is 0 Å². The van der Waals surface area contributed by atoms with E-state index in [0.29, 0.717) is 0 Å². The van der Waals surface area contributed by atoms with Crippen LogP contribution < -0.4 is 0 Å². The van der Waals surface area contributed by atoms with Crippen LogP contribution in [0.2, 0.25) is 0 Å².